The van der Waals surface area contributed by atoms with Crippen LogP contribution in [0.15, 0.2) is 24.3 Å². The van der Waals surface area contributed by atoms with Crippen LogP contribution in [0.4, 0.5) is 13.2 Å². The van der Waals surface area contributed by atoms with Crippen LogP contribution >= 0.6 is 0 Å². The van der Waals surface area contributed by atoms with Gasteiger partial charge in [0.15, 0.2) is 17.5 Å². The molecule has 0 aromatic heterocycles. The van der Waals surface area contributed by atoms with Crippen LogP contribution in [0.3, 0.4) is 0 Å². The first-order valence-corrected chi connectivity index (χ1v) is 5.48. The van der Waals surface area contributed by atoms with E-state index in [2.05, 4.69) is 11.9 Å². The van der Waals surface area contributed by atoms with Crippen molar-refractivity contribution in [3.05, 3.63) is 47.3 Å². The van der Waals surface area contributed by atoms with Crippen molar-refractivity contribution in [3.8, 4) is 0 Å². The Morgan fingerprint density at radius 2 is 1.82 bits per heavy atom. The van der Waals surface area contributed by atoms with Crippen LogP contribution in [0.2, 0.25) is 0 Å². The van der Waals surface area contributed by atoms with Crippen molar-refractivity contribution in [2.45, 2.75) is 26.3 Å². The maximum absolute atomic E-state index is 13.1. The number of benzene rings is 1. The summed E-state index contributed by atoms with van der Waals surface area (Å²) in [5.41, 5.74) is 1.28. The van der Waals surface area contributed by atoms with Crippen LogP contribution in [0.5, 0.6) is 0 Å². The average molecular weight is 243 g/mol. The van der Waals surface area contributed by atoms with E-state index in [1.165, 1.54) is 0 Å². The predicted octanol–water partition coefficient (Wildman–Crippen LogP) is 3.72. The summed E-state index contributed by atoms with van der Waals surface area (Å²) in [4.78, 5) is 0. The normalized spacial score (nSPS) is 12.5. The van der Waals surface area contributed by atoms with E-state index in [-0.39, 0.29) is 6.04 Å². The van der Waals surface area contributed by atoms with E-state index in [1.807, 2.05) is 13.8 Å². The molecular weight excluding hydrogens is 227 g/mol. The largest absolute Gasteiger partial charge is 0.310 e. The second-order valence-corrected chi connectivity index (χ2v) is 4.07. The lowest BCUT2D eigenvalue weighted by atomic mass is 10.00. The van der Waals surface area contributed by atoms with Crippen LogP contribution in [-0.4, -0.2) is 6.54 Å². The molecule has 0 aliphatic carbocycles. The number of nitrogens with one attached hydrogen (secondary N) is 1. The lowest BCUT2D eigenvalue weighted by Gasteiger charge is -2.18. The van der Waals surface area contributed by atoms with Gasteiger partial charge in [0.05, 0.1) is 0 Å². The molecule has 1 aromatic rings. The van der Waals surface area contributed by atoms with Gasteiger partial charge in [-0.1, -0.05) is 12.5 Å². The van der Waals surface area contributed by atoms with E-state index >= 15 is 0 Å². The molecule has 0 bridgehead atoms. The first-order valence-electron chi connectivity index (χ1n) is 5.48. The molecule has 0 radical (unpaired) electrons. The molecule has 1 N–H and O–H groups in total. The Morgan fingerprint density at radius 1 is 1.29 bits per heavy atom. The third-order valence-electron chi connectivity index (χ3n) is 2.41. The van der Waals surface area contributed by atoms with Gasteiger partial charge in [-0.25, -0.2) is 13.2 Å². The van der Waals surface area contributed by atoms with E-state index in [9.17, 15) is 13.2 Å². The Balaban J connectivity index is 3.05. The van der Waals surface area contributed by atoms with Gasteiger partial charge in [-0.15, -0.1) is 6.58 Å². The lowest BCUT2D eigenvalue weighted by Crippen LogP contribution is -2.21. The zero-order chi connectivity index (χ0) is 13.0. The van der Waals surface area contributed by atoms with Crippen molar-refractivity contribution in [2.75, 3.05) is 6.54 Å². The maximum Gasteiger partial charge on any atom is 0.194 e. The molecule has 0 amide bonds. The van der Waals surface area contributed by atoms with Gasteiger partial charge in [-0.3, -0.25) is 0 Å². The predicted molar refractivity (Wildman–Crippen MR) is 62.2 cm³/mol. The number of halogens is 3. The minimum absolute atomic E-state index is 0.248. The SMILES string of the molecule is C=C(C)CC(NCC)c1cc(F)c(F)c(F)c1. The summed E-state index contributed by atoms with van der Waals surface area (Å²) in [6, 6.07) is 1.80. The second-order valence-electron chi connectivity index (χ2n) is 4.07. The van der Waals surface area contributed by atoms with Crippen molar-refractivity contribution in [1.29, 1.82) is 0 Å². The minimum Gasteiger partial charge on any atom is -0.310 e. The molecule has 0 saturated carbocycles. The molecule has 0 saturated heterocycles. The molecule has 17 heavy (non-hydrogen) atoms. The van der Waals surface area contributed by atoms with Gasteiger partial charge >= 0.3 is 0 Å². The zero-order valence-electron chi connectivity index (χ0n) is 9.99. The summed E-state index contributed by atoms with van der Waals surface area (Å²) in [6.45, 7) is 8.14. The summed E-state index contributed by atoms with van der Waals surface area (Å²) in [7, 11) is 0. The smallest absolute Gasteiger partial charge is 0.194 e. The number of hydrogen-bond acceptors (Lipinski definition) is 1. The van der Waals surface area contributed by atoms with Crippen LogP contribution < -0.4 is 5.32 Å². The molecule has 0 aliphatic rings. The molecule has 1 nitrogen and oxygen atoms in total. The van der Waals surface area contributed by atoms with Crippen molar-refractivity contribution >= 4 is 0 Å². The quantitative estimate of drug-likeness (QED) is 0.614. The topological polar surface area (TPSA) is 12.0 Å². The van der Waals surface area contributed by atoms with Gasteiger partial charge in [0.25, 0.3) is 0 Å². The maximum atomic E-state index is 13.1. The molecule has 0 aliphatic heterocycles. The monoisotopic (exact) mass is 243 g/mol. The van der Waals surface area contributed by atoms with E-state index in [0.717, 1.165) is 17.7 Å². The van der Waals surface area contributed by atoms with Gasteiger partial charge in [0.2, 0.25) is 0 Å². The van der Waals surface area contributed by atoms with Gasteiger partial charge in [0.1, 0.15) is 0 Å². The Hall–Kier alpha value is -1.29. The molecule has 1 rings (SSSR count). The van der Waals surface area contributed by atoms with Crippen molar-refractivity contribution in [3.63, 3.8) is 0 Å². The lowest BCUT2D eigenvalue weighted by molar-refractivity contribution is 0.439. The summed E-state index contributed by atoms with van der Waals surface area (Å²) in [6.07, 6.45) is 0.554. The molecule has 0 heterocycles. The van der Waals surface area contributed by atoms with Crippen LogP contribution in [0.25, 0.3) is 0 Å². The van der Waals surface area contributed by atoms with Crippen molar-refractivity contribution in [2.24, 2.45) is 0 Å². The Bertz CT molecular complexity index is 392. The fourth-order valence-corrected chi connectivity index (χ4v) is 1.68. The molecule has 94 valence electrons. The van der Waals surface area contributed by atoms with E-state index in [1.54, 1.807) is 0 Å². The highest BCUT2D eigenvalue weighted by Crippen LogP contribution is 2.23. The van der Waals surface area contributed by atoms with Crippen LogP contribution in [0, 0.1) is 17.5 Å². The summed E-state index contributed by atoms with van der Waals surface area (Å²) >= 11 is 0. The molecule has 0 fully saturated rings. The average Bonchev–Trinajstić information content (AvgIpc) is 2.24. The first kappa shape index (κ1) is 13.8. The highest BCUT2D eigenvalue weighted by molar-refractivity contribution is 5.24. The first-order chi connectivity index (χ1) is 7.95. The summed E-state index contributed by atoms with van der Waals surface area (Å²) in [5.74, 6) is -3.76. The molecule has 1 unspecified atom stereocenters. The number of rotatable bonds is 5. The molecule has 1 atom stereocenters. The minimum atomic E-state index is -1.43. The second kappa shape index (κ2) is 5.87. The van der Waals surface area contributed by atoms with Crippen LogP contribution in [-0.2, 0) is 0 Å². The molecule has 0 spiro atoms. The molecule has 4 heteroatoms. The van der Waals surface area contributed by atoms with Gasteiger partial charge in [-0.2, -0.15) is 0 Å². The van der Waals surface area contributed by atoms with Crippen molar-refractivity contribution in [1.82, 2.24) is 5.32 Å². The van der Waals surface area contributed by atoms with Gasteiger partial charge in [-0.05, 0) is 37.6 Å². The fourth-order valence-electron chi connectivity index (χ4n) is 1.68. The standard InChI is InChI=1S/C13H16F3N/c1-4-17-12(5-8(2)3)9-6-10(14)13(16)11(15)7-9/h6-7,12,17H,2,4-5H2,1,3H3. The van der Waals surface area contributed by atoms with E-state index in [4.69, 9.17) is 0 Å². The van der Waals surface area contributed by atoms with Gasteiger partial charge in [0, 0.05) is 6.04 Å². The Kier molecular flexibility index (Phi) is 4.75. The summed E-state index contributed by atoms with van der Waals surface area (Å²) in [5, 5.41) is 3.09. The van der Waals surface area contributed by atoms with Crippen LogP contribution in [0.1, 0.15) is 31.9 Å². The molecule has 1 aromatic carbocycles. The van der Waals surface area contributed by atoms with E-state index < -0.39 is 17.5 Å². The highest BCUT2D eigenvalue weighted by Gasteiger charge is 2.16. The Labute approximate surface area is 99.3 Å². The highest BCUT2D eigenvalue weighted by atomic mass is 19.2. The third kappa shape index (κ3) is 3.60. The fraction of sp³-hybridized carbons (Fsp3) is 0.385. The van der Waals surface area contributed by atoms with Crippen molar-refractivity contribution < 1.29 is 13.2 Å². The summed E-state index contributed by atoms with van der Waals surface area (Å²) < 4.78 is 39.1. The Morgan fingerprint density at radius 3 is 2.24 bits per heavy atom. The molecular formula is C13H16F3N. The third-order valence-corrected chi connectivity index (χ3v) is 2.41. The van der Waals surface area contributed by atoms with E-state index in [0.29, 0.717) is 18.5 Å². The van der Waals surface area contributed by atoms with Gasteiger partial charge < -0.3 is 5.32 Å². The number of hydrogen-bond donors (Lipinski definition) is 1. The zero-order valence-corrected chi connectivity index (χ0v) is 9.99.